The van der Waals surface area contributed by atoms with E-state index in [0.29, 0.717) is 10.0 Å². The van der Waals surface area contributed by atoms with Gasteiger partial charge in [-0.1, -0.05) is 22.0 Å². The topological polar surface area (TPSA) is 92.4 Å². The van der Waals surface area contributed by atoms with Crippen molar-refractivity contribution in [1.82, 2.24) is 0 Å². The van der Waals surface area contributed by atoms with Gasteiger partial charge in [-0.2, -0.15) is 0 Å². The number of rotatable bonds is 3. The summed E-state index contributed by atoms with van der Waals surface area (Å²) in [4.78, 5) is -0.0214. The van der Waals surface area contributed by atoms with Crippen LogP contribution in [0, 0.1) is 6.92 Å². The zero-order chi connectivity index (χ0) is 14.9. The molecule has 7 heteroatoms. The third-order valence-electron chi connectivity index (χ3n) is 2.73. The highest BCUT2D eigenvalue weighted by Gasteiger charge is 2.18. The molecule has 2 rings (SSSR count). The minimum Gasteiger partial charge on any atom is -0.508 e. The van der Waals surface area contributed by atoms with Crippen molar-refractivity contribution >= 4 is 37.3 Å². The van der Waals surface area contributed by atoms with Crippen molar-refractivity contribution in [1.29, 1.82) is 0 Å². The smallest absolute Gasteiger partial charge is 0.263 e. The van der Waals surface area contributed by atoms with Crippen LogP contribution in [0.25, 0.3) is 0 Å². The van der Waals surface area contributed by atoms with Crippen molar-refractivity contribution < 1.29 is 13.5 Å². The first kappa shape index (κ1) is 14.7. The van der Waals surface area contributed by atoms with Crippen molar-refractivity contribution in [2.24, 2.45) is 0 Å². The number of hydrogen-bond acceptors (Lipinski definition) is 4. The Balaban J connectivity index is 2.40. The number of benzene rings is 2. The Hall–Kier alpha value is -1.73. The number of anilines is 2. The number of nitrogens with two attached hydrogens (primary N) is 1. The van der Waals surface area contributed by atoms with Crippen LogP contribution in [0.3, 0.4) is 0 Å². The number of phenols is 1. The van der Waals surface area contributed by atoms with Gasteiger partial charge in [-0.3, -0.25) is 4.72 Å². The van der Waals surface area contributed by atoms with Gasteiger partial charge in [0.25, 0.3) is 10.0 Å². The molecule has 0 aliphatic carbocycles. The van der Waals surface area contributed by atoms with Gasteiger partial charge in [0.1, 0.15) is 10.6 Å². The van der Waals surface area contributed by atoms with Crippen molar-refractivity contribution in [2.75, 3.05) is 10.5 Å². The monoisotopic (exact) mass is 356 g/mol. The zero-order valence-electron chi connectivity index (χ0n) is 10.6. The number of phenolic OH excluding ortho intramolecular Hbond substituents is 1. The van der Waals surface area contributed by atoms with E-state index in [1.54, 1.807) is 25.1 Å². The van der Waals surface area contributed by atoms with Gasteiger partial charge in [0.2, 0.25) is 0 Å². The van der Waals surface area contributed by atoms with Crippen LogP contribution in [0.5, 0.6) is 5.75 Å². The van der Waals surface area contributed by atoms with E-state index in [1.165, 1.54) is 18.2 Å². The molecule has 0 heterocycles. The van der Waals surface area contributed by atoms with Crippen molar-refractivity contribution in [3.63, 3.8) is 0 Å². The average molecular weight is 357 g/mol. The van der Waals surface area contributed by atoms with E-state index >= 15 is 0 Å². The van der Waals surface area contributed by atoms with Crippen LogP contribution in [0.1, 0.15) is 5.56 Å². The SMILES string of the molecule is Cc1ccc(NS(=O)(=O)c2cc(Br)ccc2N)cc1O. The third-order valence-corrected chi connectivity index (χ3v) is 4.66. The molecule has 5 nitrogen and oxygen atoms in total. The summed E-state index contributed by atoms with van der Waals surface area (Å²) in [5.74, 6) is 0.0208. The molecule has 0 saturated heterocycles. The van der Waals surface area contributed by atoms with Crippen LogP contribution in [0.2, 0.25) is 0 Å². The summed E-state index contributed by atoms with van der Waals surface area (Å²) < 4.78 is 27.5. The van der Waals surface area contributed by atoms with Gasteiger partial charge in [0, 0.05) is 10.5 Å². The normalized spacial score (nSPS) is 11.3. The fourth-order valence-corrected chi connectivity index (χ4v) is 3.34. The number of aryl methyl sites for hydroxylation is 1. The Morgan fingerprint density at radius 3 is 2.55 bits per heavy atom. The van der Waals surface area contributed by atoms with Gasteiger partial charge in [-0.05, 0) is 36.8 Å². The van der Waals surface area contributed by atoms with Crippen LogP contribution in [0.4, 0.5) is 11.4 Å². The molecule has 0 aliphatic heterocycles. The minimum absolute atomic E-state index is 0.0208. The van der Waals surface area contributed by atoms with E-state index in [-0.39, 0.29) is 22.0 Å². The lowest BCUT2D eigenvalue weighted by Gasteiger charge is -2.11. The molecule has 2 aromatic carbocycles. The Morgan fingerprint density at radius 2 is 1.90 bits per heavy atom. The van der Waals surface area contributed by atoms with Crippen LogP contribution >= 0.6 is 15.9 Å². The Morgan fingerprint density at radius 1 is 1.20 bits per heavy atom. The maximum atomic E-state index is 12.3. The number of sulfonamides is 1. The number of nitrogen functional groups attached to an aromatic ring is 1. The molecule has 0 saturated carbocycles. The lowest BCUT2D eigenvalue weighted by atomic mass is 10.2. The van der Waals surface area contributed by atoms with Crippen LogP contribution in [0.15, 0.2) is 45.8 Å². The van der Waals surface area contributed by atoms with Crippen LogP contribution < -0.4 is 10.5 Å². The van der Waals surface area contributed by atoms with Gasteiger partial charge < -0.3 is 10.8 Å². The first-order valence-electron chi connectivity index (χ1n) is 5.67. The standard InChI is InChI=1S/C13H13BrN2O3S/c1-8-2-4-10(7-12(8)17)16-20(18,19)13-6-9(14)3-5-11(13)15/h2-7,16-17H,15H2,1H3. The highest BCUT2D eigenvalue weighted by Crippen LogP contribution is 2.27. The Bertz CT molecular complexity index is 760. The lowest BCUT2D eigenvalue weighted by Crippen LogP contribution is -2.14. The maximum Gasteiger partial charge on any atom is 0.263 e. The summed E-state index contributed by atoms with van der Waals surface area (Å²) in [5.41, 5.74) is 6.78. The van der Waals surface area contributed by atoms with Crippen LogP contribution in [-0.2, 0) is 10.0 Å². The minimum atomic E-state index is -3.81. The van der Waals surface area contributed by atoms with Gasteiger partial charge in [0.05, 0.1) is 11.4 Å². The van der Waals surface area contributed by atoms with E-state index in [1.807, 2.05) is 0 Å². The number of aromatic hydroxyl groups is 1. The molecule has 4 N–H and O–H groups in total. The molecule has 0 aliphatic rings. The van der Waals surface area contributed by atoms with Crippen molar-refractivity contribution in [2.45, 2.75) is 11.8 Å². The molecular weight excluding hydrogens is 344 g/mol. The fraction of sp³-hybridized carbons (Fsp3) is 0.0769. The molecule has 0 unspecified atom stereocenters. The Kier molecular flexibility index (Phi) is 3.92. The first-order valence-corrected chi connectivity index (χ1v) is 7.95. The predicted molar refractivity (Wildman–Crippen MR) is 82.2 cm³/mol. The number of nitrogens with one attached hydrogen (secondary N) is 1. The molecule has 20 heavy (non-hydrogen) atoms. The maximum absolute atomic E-state index is 12.3. The molecule has 0 amide bonds. The second kappa shape index (κ2) is 5.34. The van der Waals surface area contributed by atoms with Crippen molar-refractivity contribution in [3.8, 4) is 5.75 Å². The molecule has 2 aromatic rings. The molecule has 0 radical (unpaired) electrons. The van der Waals surface area contributed by atoms with Gasteiger partial charge in [0.15, 0.2) is 0 Å². The van der Waals surface area contributed by atoms with Crippen LogP contribution in [-0.4, -0.2) is 13.5 Å². The molecule has 0 fully saturated rings. The van der Waals surface area contributed by atoms with Gasteiger partial charge >= 0.3 is 0 Å². The highest BCUT2D eigenvalue weighted by atomic mass is 79.9. The molecular formula is C13H13BrN2O3S. The number of hydrogen-bond donors (Lipinski definition) is 3. The van der Waals surface area contributed by atoms with E-state index in [0.717, 1.165) is 0 Å². The fourth-order valence-electron chi connectivity index (χ4n) is 1.62. The van der Waals surface area contributed by atoms with E-state index in [4.69, 9.17) is 5.73 Å². The summed E-state index contributed by atoms with van der Waals surface area (Å²) >= 11 is 3.21. The molecule has 106 valence electrons. The average Bonchev–Trinajstić information content (AvgIpc) is 2.36. The summed E-state index contributed by atoms with van der Waals surface area (Å²) in [6.07, 6.45) is 0. The predicted octanol–water partition coefficient (Wildman–Crippen LogP) is 2.85. The van der Waals surface area contributed by atoms with E-state index in [9.17, 15) is 13.5 Å². The third kappa shape index (κ3) is 3.05. The first-order chi connectivity index (χ1) is 9.29. The summed E-state index contributed by atoms with van der Waals surface area (Å²) in [6.45, 7) is 1.72. The molecule has 0 aromatic heterocycles. The Labute approximate surface area is 125 Å². The van der Waals surface area contributed by atoms with Gasteiger partial charge in [-0.25, -0.2) is 8.42 Å². The number of halogens is 1. The molecule has 0 bridgehead atoms. The summed E-state index contributed by atoms with van der Waals surface area (Å²) in [7, 11) is -3.81. The quantitative estimate of drug-likeness (QED) is 0.737. The zero-order valence-corrected chi connectivity index (χ0v) is 13.0. The molecule has 0 atom stereocenters. The largest absolute Gasteiger partial charge is 0.508 e. The van der Waals surface area contributed by atoms with Crippen molar-refractivity contribution in [3.05, 3.63) is 46.4 Å². The summed E-state index contributed by atoms with van der Waals surface area (Å²) in [5, 5.41) is 9.60. The van der Waals surface area contributed by atoms with E-state index < -0.39 is 10.0 Å². The second-order valence-electron chi connectivity index (χ2n) is 4.29. The molecule has 0 spiro atoms. The lowest BCUT2D eigenvalue weighted by molar-refractivity contribution is 0.471. The highest BCUT2D eigenvalue weighted by molar-refractivity contribution is 9.10. The second-order valence-corrected chi connectivity index (χ2v) is 6.86. The summed E-state index contributed by atoms with van der Waals surface area (Å²) in [6, 6.07) is 9.13. The van der Waals surface area contributed by atoms with Gasteiger partial charge in [-0.15, -0.1) is 0 Å². The van der Waals surface area contributed by atoms with E-state index in [2.05, 4.69) is 20.7 Å².